The van der Waals surface area contributed by atoms with Crippen LogP contribution in [0.5, 0.6) is 0 Å². The summed E-state index contributed by atoms with van der Waals surface area (Å²) in [5, 5.41) is 71.4. The molecule has 25 heteroatoms. The quantitative estimate of drug-likeness (QED) is 0.0324. The SMILES string of the molecule is Nc1ccc(C(=O)NC(CCC(=O)NCCCC[C@H](NC(=O)N[C@@H](CCC(=O)O)C(=O)O)C(=O)O)CCC(=O)NCCCC[C@H](NC(=O)N[C@@H](CCC(=O)O)C(=O)O)C(=O)O)cc1. The first-order chi connectivity index (χ1) is 29.7. The molecule has 0 bridgehead atoms. The Labute approximate surface area is 360 Å². The number of aliphatic carboxylic acids is 6. The molecular formula is C38H56N8O17. The van der Waals surface area contributed by atoms with Crippen LogP contribution in [0.25, 0.3) is 0 Å². The predicted molar refractivity (Wildman–Crippen MR) is 217 cm³/mol. The first-order valence-corrected chi connectivity index (χ1v) is 19.9. The number of urea groups is 2. The average molecular weight is 897 g/mol. The van der Waals surface area contributed by atoms with Crippen molar-refractivity contribution in [2.45, 2.75) is 120 Å². The number of rotatable bonds is 32. The van der Waals surface area contributed by atoms with Gasteiger partial charge in [0, 0.05) is 56.1 Å². The summed E-state index contributed by atoms with van der Waals surface area (Å²) in [4.78, 5) is 130. The van der Waals surface area contributed by atoms with E-state index in [1.807, 2.05) is 10.6 Å². The topological polar surface area (TPSA) is 419 Å². The van der Waals surface area contributed by atoms with Crippen molar-refractivity contribution < 1.29 is 83.4 Å². The van der Waals surface area contributed by atoms with Gasteiger partial charge in [0.25, 0.3) is 5.91 Å². The fourth-order valence-electron chi connectivity index (χ4n) is 5.66. The summed E-state index contributed by atoms with van der Waals surface area (Å²) in [6, 6.07) is -2.77. The highest BCUT2D eigenvalue weighted by Gasteiger charge is 2.26. The molecule has 350 valence electrons. The number of anilines is 1. The van der Waals surface area contributed by atoms with E-state index >= 15 is 0 Å². The van der Waals surface area contributed by atoms with E-state index in [9.17, 15) is 73.2 Å². The zero-order chi connectivity index (χ0) is 47.5. The number of carbonyl (C=O) groups is 11. The van der Waals surface area contributed by atoms with Crippen molar-refractivity contribution >= 4 is 71.3 Å². The molecule has 0 radical (unpaired) electrons. The number of amides is 7. The molecule has 7 amide bonds. The van der Waals surface area contributed by atoms with Crippen LogP contribution in [0.3, 0.4) is 0 Å². The average Bonchev–Trinajstić information content (AvgIpc) is 3.20. The maximum absolute atomic E-state index is 13.0. The lowest BCUT2D eigenvalue weighted by Crippen LogP contribution is -2.51. The van der Waals surface area contributed by atoms with Crippen molar-refractivity contribution in [1.29, 1.82) is 0 Å². The van der Waals surface area contributed by atoms with E-state index in [1.54, 1.807) is 0 Å². The van der Waals surface area contributed by atoms with Gasteiger partial charge < -0.3 is 73.6 Å². The Morgan fingerprint density at radius 2 is 0.794 bits per heavy atom. The molecule has 0 fully saturated rings. The van der Waals surface area contributed by atoms with Crippen LogP contribution in [-0.2, 0) is 38.4 Å². The van der Waals surface area contributed by atoms with E-state index in [-0.39, 0.29) is 70.0 Å². The second kappa shape index (κ2) is 29.1. The Hall–Kier alpha value is -7.21. The molecule has 63 heavy (non-hydrogen) atoms. The molecule has 1 rings (SSSR count). The monoisotopic (exact) mass is 896 g/mol. The molecule has 0 heterocycles. The molecule has 0 unspecified atom stereocenters. The lowest BCUT2D eigenvalue weighted by molar-refractivity contribution is -0.142. The van der Waals surface area contributed by atoms with Crippen LogP contribution in [0.15, 0.2) is 24.3 Å². The molecule has 0 spiro atoms. The lowest BCUT2D eigenvalue weighted by atomic mass is 10.0. The number of hydrogen-bond donors (Lipinski definition) is 14. The van der Waals surface area contributed by atoms with E-state index in [2.05, 4.69) is 26.6 Å². The van der Waals surface area contributed by atoms with Crippen molar-refractivity contribution in [2.24, 2.45) is 0 Å². The normalized spacial score (nSPS) is 12.6. The number of carboxylic acids is 6. The predicted octanol–water partition coefficient (Wildman–Crippen LogP) is -0.359. The highest BCUT2D eigenvalue weighted by atomic mass is 16.4. The van der Waals surface area contributed by atoms with E-state index in [1.165, 1.54) is 24.3 Å². The van der Waals surface area contributed by atoms with E-state index < -0.39 is 121 Å². The first-order valence-electron chi connectivity index (χ1n) is 19.9. The van der Waals surface area contributed by atoms with Gasteiger partial charge >= 0.3 is 47.9 Å². The minimum Gasteiger partial charge on any atom is -0.481 e. The highest BCUT2D eigenvalue weighted by Crippen LogP contribution is 2.11. The zero-order valence-corrected chi connectivity index (χ0v) is 34.3. The summed E-state index contributed by atoms with van der Waals surface area (Å²) in [6.07, 6.45) is -0.984. The number of carbonyl (C=O) groups excluding carboxylic acids is 5. The minimum atomic E-state index is -1.56. The van der Waals surface area contributed by atoms with Gasteiger partial charge in [-0.05, 0) is 88.5 Å². The second-order valence-electron chi connectivity index (χ2n) is 14.2. The van der Waals surface area contributed by atoms with Gasteiger partial charge in [0.2, 0.25) is 11.8 Å². The van der Waals surface area contributed by atoms with Crippen LogP contribution in [0.2, 0.25) is 0 Å². The van der Waals surface area contributed by atoms with E-state index in [0.717, 1.165) is 0 Å². The standard InChI is InChI=1S/C38H56N8O17/c39-22-9-7-21(8-10-22)32(53)42-23(11-15-28(47)40-19-3-1-5-24(33(54)55)43-37(62)45-26(35(58)59)13-17-30(49)50)12-16-29(48)41-20-4-2-6-25(34(56)57)44-38(63)46-27(36(60)61)14-18-31(51)52/h7-10,23-27H,1-6,11-20,39H2,(H,40,47)(H,41,48)(H,42,53)(H,49,50)(H,51,52)(H,54,55)(H,56,57)(H,58,59)(H,60,61)(H2,43,45,62)(H2,44,46,63)/t24-,25-,26-,27-/m0/s1. The molecule has 15 N–H and O–H groups in total. The van der Waals surface area contributed by atoms with Crippen molar-refractivity contribution in [1.82, 2.24) is 37.2 Å². The van der Waals surface area contributed by atoms with Crippen LogP contribution in [-0.4, -0.2) is 140 Å². The van der Waals surface area contributed by atoms with Gasteiger partial charge in [-0.25, -0.2) is 28.8 Å². The van der Waals surface area contributed by atoms with Gasteiger partial charge in [-0.2, -0.15) is 0 Å². The minimum absolute atomic E-state index is 0.0729. The number of unbranched alkanes of at least 4 members (excludes halogenated alkanes) is 2. The van der Waals surface area contributed by atoms with Crippen LogP contribution in [0, 0.1) is 0 Å². The maximum Gasteiger partial charge on any atom is 0.326 e. The van der Waals surface area contributed by atoms with Crippen LogP contribution in [0.1, 0.15) is 100 Å². The third-order valence-corrected chi connectivity index (χ3v) is 9.14. The van der Waals surface area contributed by atoms with E-state index in [4.69, 9.17) is 15.9 Å². The Kier molecular flexibility index (Phi) is 24.9. The molecule has 0 aliphatic carbocycles. The van der Waals surface area contributed by atoms with E-state index in [0.29, 0.717) is 18.5 Å². The number of hydrogen-bond acceptors (Lipinski definition) is 12. The Morgan fingerprint density at radius 3 is 1.13 bits per heavy atom. The lowest BCUT2D eigenvalue weighted by Gasteiger charge is -2.19. The van der Waals surface area contributed by atoms with Gasteiger partial charge in [-0.3, -0.25) is 24.0 Å². The Balaban J connectivity index is 2.63. The van der Waals surface area contributed by atoms with Crippen molar-refractivity contribution in [3.63, 3.8) is 0 Å². The molecule has 0 saturated carbocycles. The Morgan fingerprint density at radius 1 is 0.444 bits per heavy atom. The third-order valence-electron chi connectivity index (χ3n) is 9.14. The molecule has 1 aromatic carbocycles. The maximum atomic E-state index is 13.0. The summed E-state index contributed by atoms with van der Waals surface area (Å²) in [5.41, 5.74) is 6.41. The largest absolute Gasteiger partial charge is 0.481 e. The molecular weight excluding hydrogens is 840 g/mol. The summed E-state index contributed by atoms with van der Waals surface area (Å²) in [6.45, 7) is 0.240. The summed E-state index contributed by atoms with van der Waals surface area (Å²) in [5.74, 6) is -9.66. The molecule has 25 nitrogen and oxygen atoms in total. The highest BCUT2D eigenvalue weighted by molar-refractivity contribution is 5.95. The number of nitrogens with one attached hydrogen (secondary N) is 7. The molecule has 0 aliphatic heterocycles. The van der Waals surface area contributed by atoms with Gasteiger partial charge in [0.15, 0.2) is 0 Å². The number of nitrogens with two attached hydrogens (primary N) is 1. The van der Waals surface area contributed by atoms with Crippen LogP contribution in [0.4, 0.5) is 15.3 Å². The summed E-state index contributed by atoms with van der Waals surface area (Å²) >= 11 is 0. The van der Waals surface area contributed by atoms with Crippen molar-refractivity contribution in [2.75, 3.05) is 18.8 Å². The molecule has 1 aromatic rings. The zero-order valence-electron chi connectivity index (χ0n) is 34.3. The van der Waals surface area contributed by atoms with Crippen LogP contribution < -0.4 is 43.0 Å². The molecule has 0 aliphatic rings. The molecule has 4 atom stereocenters. The summed E-state index contributed by atoms with van der Waals surface area (Å²) < 4.78 is 0. The molecule has 0 aromatic heterocycles. The first kappa shape index (κ1) is 53.8. The van der Waals surface area contributed by atoms with Gasteiger partial charge in [0.05, 0.1) is 0 Å². The number of carboxylic acid groups (broad SMARTS) is 6. The molecule has 0 saturated heterocycles. The Bertz CT molecular complexity index is 1660. The van der Waals surface area contributed by atoms with Gasteiger partial charge in [0.1, 0.15) is 24.2 Å². The fourth-order valence-corrected chi connectivity index (χ4v) is 5.66. The van der Waals surface area contributed by atoms with Crippen LogP contribution >= 0.6 is 0 Å². The summed E-state index contributed by atoms with van der Waals surface area (Å²) in [7, 11) is 0. The second-order valence-corrected chi connectivity index (χ2v) is 14.2. The van der Waals surface area contributed by atoms with Crippen molar-refractivity contribution in [3.8, 4) is 0 Å². The van der Waals surface area contributed by atoms with Crippen molar-refractivity contribution in [3.05, 3.63) is 29.8 Å². The van der Waals surface area contributed by atoms with Gasteiger partial charge in [-0.1, -0.05) is 0 Å². The smallest absolute Gasteiger partial charge is 0.326 e. The number of benzene rings is 1. The van der Waals surface area contributed by atoms with Gasteiger partial charge in [-0.15, -0.1) is 0 Å². The fraction of sp³-hybridized carbons (Fsp3) is 0.553. The number of nitrogen functional groups attached to an aromatic ring is 1. The third kappa shape index (κ3) is 24.6.